The fourth-order valence-corrected chi connectivity index (χ4v) is 2.37. The molecule has 1 aromatic rings. The minimum Gasteiger partial charge on any atom is -0.362 e. The maximum Gasteiger partial charge on any atom is 0.271 e. The molecule has 0 aromatic carbocycles. The molecule has 1 heterocycles. The standard InChI is InChI=1S/C13H21N3O2/c1-18-10-16-9-8-12(15-16)13(17)14-11-6-4-2-3-5-7-11/h8-9,11H,2-7,10H2,1H3,(H,14,17). The first-order chi connectivity index (χ1) is 8.79. The van der Waals surface area contributed by atoms with Crippen LogP contribution in [0.15, 0.2) is 12.3 Å². The van der Waals surface area contributed by atoms with Crippen LogP contribution in [-0.4, -0.2) is 28.8 Å². The first kappa shape index (κ1) is 13.1. The largest absolute Gasteiger partial charge is 0.362 e. The van der Waals surface area contributed by atoms with Crippen LogP contribution in [0.4, 0.5) is 0 Å². The van der Waals surface area contributed by atoms with Gasteiger partial charge in [-0.05, 0) is 18.9 Å². The van der Waals surface area contributed by atoms with Gasteiger partial charge in [0.2, 0.25) is 0 Å². The van der Waals surface area contributed by atoms with Crippen molar-refractivity contribution in [2.75, 3.05) is 7.11 Å². The number of hydrogen-bond donors (Lipinski definition) is 1. The van der Waals surface area contributed by atoms with Crippen LogP contribution in [-0.2, 0) is 11.5 Å². The van der Waals surface area contributed by atoms with Crippen molar-refractivity contribution >= 4 is 5.91 Å². The van der Waals surface area contributed by atoms with Gasteiger partial charge in [0.15, 0.2) is 0 Å². The summed E-state index contributed by atoms with van der Waals surface area (Å²) in [5, 5.41) is 7.24. The van der Waals surface area contributed by atoms with E-state index < -0.39 is 0 Å². The minimum atomic E-state index is -0.0725. The van der Waals surface area contributed by atoms with Gasteiger partial charge < -0.3 is 10.1 Å². The van der Waals surface area contributed by atoms with Crippen LogP contribution in [0, 0.1) is 0 Å². The Bertz CT molecular complexity index is 381. The zero-order chi connectivity index (χ0) is 12.8. The van der Waals surface area contributed by atoms with Crippen molar-refractivity contribution in [2.24, 2.45) is 0 Å². The van der Waals surface area contributed by atoms with Crippen molar-refractivity contribution in [3.05, 3.63) is 18.0 Å². The summed E-state index contributed by atoms with van der Waals surface area (Å²) < 4.78 is 6.57. The van der Waals surface area contributed by atoms with E-state index in [9.17, 15) is 4.79 Å². The molecule has 0 spiro atoms. The molecule has 1 saturated carbocycles. The molecular formula is C13H21N3O2. The van der Waals surface area contributed by atoms with E-state index in [1.807, 2.05) is 0 Å². The number of methoxy groups -OCH3 is 1. The number of nitrogens with zero attached hydrogens (tertiary/aromatic N) is 2. The maximum atomic E-state index is 12.0. The molecule has 2 rings (SSSR count). The van der Waals surface area contributed by atoms with Gasteiger partial charge in [-0.3, -0.25) is 4.79 Å². The lowest BCUT2D eigenvalue weighted by molar-refractivity contribution is 0.0921. The Morgan fingerprint density at radius 3 is 2.83 bits per heavy atom. The molecular weight excluding hydrogens is 230 g/mol. The Kier molecular flexibility index (Phi) is 4.75. The molecule has 100 valence electrons. The van der Waals surface area contributed by atoms with E-state index in [0.29, 0.717) is 18.5 Å². The molecule has 1 aliphatic rings. The third kappa shape index (κ3) is 3.57. The fourth-order valence-electron chi connectivity index (χ4n) is 2.37. The quantitative estimate of drug-likeness (QED) is 0.832. The van der Waals surface area contributed by atoms with Crippen LogP contribution in [0.1, 0.15) is 49.0 Å². The Hall–Kier alpha value is -1.36. The topological polar surface area (TPSA) is 56.1 Å². The third-order valence-electron chi connectivity index (χ3n) is 3.33. The average molecular weight is 251 g/mol. The molecule has 18 heavy (non-hydrogen) atoms. The summed E-state index contributed by atoms with van der Waals surface area (Å²) in [6, 6.07) is 2.04. The van der Waals surface area contributed by atoms with Crippen molar-refractivity contribution in [1.82, 2.24) is 15.1 Å². The van der Waals surface area contributed by atoms with E-state index in [0.717, 1.165) is 12.8 Å². The van der Waals surface area contributed by atoms with Gasteiger partial charge in [0.1, 0.15) is 12.4 Å². The van der Waals surface area contributed by atoms with Crippen LogP contribution in [0.3, 0.4) is 0 Å². The smallest absolute Gasteiger partial charge is 0.271 e. The Balaban J connectivity index is 1.89. The van der Waals surface area contributed by atoms with E-state index in [2.05, 4.69) is 10.4 Å². The van der Waals surface area contributed by atoms with Crippen molar-refractivity contribution in [1.29, 1.82) is 0 Å². The number of amides is 1. The molecule has 1 aromatic heterocycles. The van der Waals surface area contributed by atoms with Gasteiger partial charge in [-0.2, -0.15) is 5.10 Å². The molecule has 0 atom stereocenters. The van der Waals surface area contributed by atoms with E-state index >= 15 is 0 Å². The number of aromatic nitrogens is 2. The highest BCUT2D eigenvalue weighted by atomic mass is 16.5. The fraction of sp³-hybridized carbons (Fsp3) is 0.692. The molecule has 0 aliphatic heterocycles. The molecule has 1 fully saturated rings. The van der Waals surface area contributed by atoms with Gasteiger partial charge in [-0.25, -0.2) is 4.68 Å². The molecule has 1 N–H and O–H groups in total. The number of hydrogen-bond acceptors (Lipinski definition) is 3. The summed E-state index contributed by atoms with van der Waals surface area (Å²) in [7, 11) is 1.60. The summed E-state index contributed by atoms with van der Waals surface area (Å²) >= 11 is 0. The van der Waals surface area contributed by atoms with Gasteiger partial charge in [-0.1, -0.05) is 25.7 Å². The molecule has 5 nitrogen and oxygen atoms in total. The first-order valence-electron chi connectivity index (χ1n) is 6.63. The second-order valence-electron chi connectivity index (χ2n) is 4.82. The molecule has 5 heteroatoms. The number of nitrogens with one attached hydrogen (secondary N) is 1. The second-order valence-corrected chi connectivity index (χ2v) is 4.82. The van der Waals surface area contributed by atoms with Gasteiger partial charge in [-0.15, -0.1) is 0 Å². The van der Waals surface area contributed by atoms with Crippen LogP contribution in [0.2, 0.25) is 0 Å². The van der Waals surface area contributed by atoms with Gasteiger partial charge in [0, 0.05) is 19.3 Å². The molecule has 0 saturated heterocycles. The number of carbonyl (C=O) groups is 1. The highest BCUT2D eigenvalue weighted by molar-refractivity contribution is 5.92. The third-order valence-corrected chi connectivity index (χ3v) is 3.33. The molecule has 1 aliphatic carbocycles. The Morgan fingerprint density at radius 2 is 2.17 bits per heavy atom. The van der Waals surface area contributed by atoms with Crippen LogP contribution < -0.4 is 5.32 Å². The molecule has 0 unspecified atom stereocenters. The second kappa shape index (κ2) is 6.54. The van der Waals surface area contributed by atoms with Crippen LogP contribution in [0.5, 0.6) is 0 Å². The van der Waals surface area contributed by atoms with Crippen molar-refractivity contribution in [3.63, 3.8) is 0 Å². The van der Waals surface area contributed by atoms with E-state index in [4.69, 9.17) is 4.74 Å². The zero-order valence-electron chi connectivity index (χ0n) is 10.9. The lowest BCUT2D eigenvalue weighted by Gasteiger charge is -2.15. The summed E-state index contributed by atoms with van der Waals surface area (Å²) in [6.07, 6.45) is 8.93. The monoisotopic (exact) mass is 251 g/mol. The SMILES string of the molecule is COCn1ccc(C(=O)NC2CCCCCC2)n1. The van der Waals surface area contributed by atoms with E-state index in [1.54, 1.807) is 24.1 Å². The zero-order valence-corrected chi connectivity index (χ0v) is 10.9. The maximum absolute atomic E-state index is 12.0. The molecule has 0 radical (unpaired) electrons. The van der Waals surface area contributed by atoms with Crippen LogP contribution in [0.25, 0.3) is 0 Å². The number of ether oxygens (including phenoxy) is 1. The van der Waals surface area contributed by atoms with Crippen LogP contribution >= 0.6 is 0 Å². The summed E-state index contributed by atoms with van der Waals surface area (Å²) in [5.41, 5.74) is 0.469. The van der Waals surface area contributed by atoms with E-state index in [1.165, 1.54) is 25.7 Å². The lowest BCUT2D eigenvalue weighted by Crippen LogP contribution is -2.34. The Morgan fingerprint density at radius 1 is 1.44 bits per heavy atom. The Labute approximate surface area is 108 Å². The first-order valence-corrected chi connectivity index (χ1v) is 6.63. The highest BCUT2D eigenvalue weighted by Crippen LogP contribution is 2.17. The highest BCUT2D eigenvalue weighted by Gasteiger charge is 2.17. The predicted octanol–water partition coefficient (Wildman–Crippen LogP) is 1.94. The summed E-state index contributed by atoms with van der Waals surface area (Å²) in [6.45, 7) is 0.372. The lowest BCUT2D eigenvalue weighted by atomic mass is 10.1. The van der Waals surface area contributed by atoms with Crippen molar-refractivity contribution < 1.29 is 9.53 Å². The average Bonchev–Trinajstić information content (AvgIpc) is 2.67. The van der Waals surface area contributed by atoms with Crippen molar-refractivity contribution in [2.45, 2.75) is 51.3 Å². The molecule has 0 bridgehead atoms. The summed E-state index contributed by atoms with van der Waals surface area (Å²) in [5.74, 6) is -0.0725. The van der Waals surface area contributed by atoms with E-state index in [-0.39, 0.29) is 5.91 Å². The minimum absolute atomic E-state index is 0.0725. The molecule has 1 amide bonds. The number of carbonyl (C=O) groups excluding carboxylic acids is 1. The van der Waals surface area contributed by atoms with Gasteiger partial charge >= 0.3 is 0 Å². The van der Waals surface area contributed by atoms with Gasteiger partial charge in [0.05, 0.1) is 0 Å². The van der Waals surface area contributed by atoms with Crippen molar-refractivity contribution in [3.8, 4) is 0 Å². The van der Waals surface area contributed by atoms with Gasteiger partial charge in [0.25, 0.3) is 5.91 Å². The predicted molar refractivity (Wildman–Crippen MR) is 68.2 cm³/mol. The summed E-state index contributed by atoms with van der Waals surface area (Å²) in [4.78, 5) is 12.0. The normalized spacial score (nSPS) is 17.4. The number of rotatable bonds is 4.